The molecule has 2 N–H and O–H groups in total. The Kier molecular flexibility index (Phi) is 9.61. The molecule has 1 aromatic heterocycles. The number of aryl methyl sites for hydroxylation is 1. The average Bonchev–Trinajstić information content (AvgIpc) is 3.29. The van der Waals surface area contributed by atoms with Crippen LogP contribution in [0.5, 0.6) is 0 Å². The van der Waals surface area contributed by atoms with Crippen molar-refractivity contribution in [3.63, 3.8) is 0 Å². The van der Waals surface area contributed by atoms with Crippen LogP contribution < -0.4 is 15.5 Å². The van der Waals surface area contributed by atoms with Gasteiger partial charge in [-0.1, -0.05) is 75.2 Å². The van der Waals surface area contributed by atoms with E-state index in [1.54, 1.807) is 6.92 Å². The number of aromatic nitrogens is 1. The Morgan fingerprint density at radius 3 is 2.22 bits per heavy atom. The highest BCUT2D eigenvalue weighted by molar-refractivity contribution is 6.34. The van der Waals surface area contributed by atoms with Crippen molar-refractivity contribution in [3.05, 3.63) is 83.0 Å². The van der Waals surface area contributed by atoms with Crippen LogP contribution in [0.4, 0.5) is 21.9 Å². The SMILES string of the molecule is CCOC(=O)c1cc2ccccc2n1-c1cc(Cl)c(N(CC(C)C)CC(C)C)c(NC(=O)Nc2ccc(C)cc2)c1. The Labute approximate surface area is 247 Å². The molecule has 4 rings (SSSR count). The zero-order chi connectivity index (χ0) is 29.7. The van der Waals surface area contributed by atoms with Crippen LogP contribution in [0.2, 0.25) is 5.02 Å². The minimum Gasteiger partial charge on any atom is -0.461 e. The quantitative estimate of drug-likeness (QED) is 0.186. The van der Waals surface area contributed by atoms with Crippen molar-refractivity contribution in [2.75, 3.05) is 35.2 Å². The summed E-state index contributed by atoms with van der Waals surface area (Å²) in [5, 5.41) is 7.35. The van der Waals surface area contributed by atoms with E-state index >= 15 is 0 Å². The van der Waals surface area contributed by atoms with E-state index in [1.165, 1.54) is 0 Å². The van der Waals surface area contributed by atoms with E-state index < -0.39 is 5.97 Å². The fraction of sp³-hybridized carbons (Fsp3) is 0.333. The van der Waals surface area contributed by atoms with Gasteiger partial charge < -0.3 is 24.8 Å². The molecule has 0 saturated carbocycles. The third-order valence-corrected chi connectivity index (χ3v) is 6.83. The maximum Gasteiger partial charge on any atom is 0.355 e. The predicted molar refractivity (Wildman–Crippen MR) is 170 cm³/mol. The van der Waals surface area contributed by atoms with Gasteiger partial charge in [0.05, 0.1) is 34.2 Å². The fourth-order valence-corrected chi connectivity index (χ4v) is 5.31. The monoisotopic (exact) mass is 574 g/mol. The number of ether oxygens (including phenoxy) is 1. The lowest BCUT2D eigenvalue weighted by Gasteiger charge is -2.31. The molecule has 0 radical (unpaired) electrons. The van der Waals surface area contributed by atoms with Crippen molar-refractivity contribution in [2.45, 2.75) is 41.5 Å². The number of para-hydroxylation sites is 1. The van der Waals surface area contributed by atoms with Gasteiger partial charge in [-0.25, -0.2) is 9.59 Å². The van der Waals surface area contributed by atoms with Gasteiger partial charge in [-0.3, -0.25) is 0 Å². The second-order valence-corrected chi connectivity index (χ2v) is 11.5. The highest BCUT2D eigenvalue weighted by Gasteiger charge is 2.24. The molecule has 0 aliphatic rings. The lowest BCUT2D eigenvalue weighted by atomic mass is 10.1. The number of amides is 2. The van der Waals surface area contributed by atoms with E-state index in [1.807, 2.05) is 78.2 Å². The molecule has 0 saturated heterocycles. The maximum atomic E-state index is 13.3. The van der Waals surface area contributed by atoms with Gasteiger partial charge in [-0.2, -0.15) is 0 Å². The molecule has 2 amide bonds. The van der Waals surface area contributed by atoms with Gasteiger partial charge in [0.25, 0.3) is 0 Å². The molecule has 0 bridgehead atoms. The zero-order valence-electron chi connectivity index (χ0n) is 24.6. The van der Waals surface area contributed by atoms with E-state index in [9.17, 15) is 9.59 Å². The number of hydrogen-bond donors (Lipinski definition) is 2. The number of rotatable bonds is 10. The van der Waals surface area contributed by atoms with Gasteiger partial charge in [-0.05, 0) is 62.1 Å². The molecule has 0 aliphatic heterocycles. The summed E-state index contributed by atoms with van der Waals surface area (Å²) in [4.78, 5) is 28.6. The zero-order valence-corrected chi connectivity index (χ0v) is 25.4. The van der Waals surface area contributed by atoms with Gasteiger partial charge in [0.1, 0.15) is 5.69 Å². The number of urea groups is 1. The summed E-state index contributed by atoms with van der Waals surface area (Å²) in [7, 11) is 0. The molecule has 8 heteroatoms. The maximum absolute atomic E-state index is 13.3. The normalized spacial score (nSPS) is 11.2. The predicted octanol–water partition coefficient (Wildman–Crippen LogP) is 8.53. The van der Waals surface area contributed by atoms with Crippen LogP contribution >= 0.6 is 11.6 Å². The van der Waals surface area contributed by atoms with Gasteiger partial charge in [0, 0.05) is 24.2 Å². The molecule has 41 heavy (non-hydrogen) atoms. The number of carbonyl (C=O) groups is 2. The minimum atomic E-state index is -0.434. The standard InChI is InChI=1S/C33H39ClN4O3/c1-7-41-32(39)30-16-24-10-8-9-11-29(24)38(30)26-17-27(34)31(37(19-21(2)3)20-22(4)5)28(18-26)36-33(40)35-25-14-12-23(6)13-15-25/h8-18,21-22H,7,19-20H2,1-6H3,(H2,35,36,40). The lowest BCUT2D eigenvalue weighted by Crippen LogP contribution is -2.33. The molecule has 0 spiro atoms. The summed E-state index contributed by atoms with van der Waals surface area (Å²) >= 11 is 7.08. The fourth-order valence-electron chi connectivity index (χ4n) is 4.98. The second-order valence-electron chi connectivity index (χ2n) is 11.1. The molecule has 3 aromatic carbocycles. The first-order valence-corrected chi connectivity index (χ1v) is 14.5. The first-order chi connectivity index (χ1) is 19.6. The molecule has 216 valence electrons. The number of nitrogens with one attached hydrogen (secondary N) is 2. The number of halogens is 1. The van der Waals surface area contributed by atoms with Gasteiger partial charge in [0.15, 0.2) is 0 Å². The van der Waals surface area contributed by atoms with Crippen LogP contribution in [0.3, 0.4) is 0 Å². The summed E-state index contributed by atoms with van der Waals surface area (Å²) in [5.74, 6) is 0.293. The van der Waals surface area contributed by atoms with Crippen molar-refractivity contribution < 1.29 is 14.3 Å². The number of fused-ring (bicyclic) bond motifs is 1. The number of esters is 1. The van der Waals surface area contributed by atoms with Crippen molar-refractivity contribution >= 4 is 51.6 Å². The summed E-state index contributed by atoms with van der Waals surface area (Å²) in [6.07, 6.45) is 0. The molecule has 1 heterocycles. The van der Waals surface area contributed by atoms with Crippen molar-refractivity contribution in [3.8, 4) is 5.69 Å². The van der Waals surface area contributed by atoms with E-state index in [-0.39, 0.29) is 12.6 Å². The molecule has 0 unspecified atom stereocenters. The first kappa shape index (κ1) is 30.0. The van der Waals surface area contributed by atoms with Crippen molar-refractivity contribution in [1.82, 2.24) is 4.57 Å². The van der Waals surface area contributed by atoms with E-state index in [4.69, 9.17) is 16.3 Å². The molecular weight excluding hydrogens is 536 g/mol. The summed E-state index contributed by atoms with van der Waals surface area (Å²) in [6, 6.07) is 20.5. The molecule has 0 aliphatic carbocycles. The topological polar surface area (TPSA) is 75.6 Å². The number of hydrogen-bond acceptors (Lipinski definition) is 4. The van der Waals surface area contributed by atoms with Crippen LogP contribution in [0, 0.1) is 18.8 Å². The second kappa shape index (κ2) is 13.1. The van der Waals surface area contributed by atoms with Gasteiger partial charge in [-0.15, -0.1) is 0 Å². The van der Waals surface area contributed by atoms with Crippen LogP contribution in [0.25, 0.3) is 16.6 Å². The largest absolute Gasteiger partial charge is 0.461 e. The van der Waals surface area contributed by atoms with Crippen LogP contribution in [0.15, 0.2) is 66.7 Å². The van der Waals surface area contributed by atoms with Crippen molar-refractivity contribution in [1.29, 1.82) is 0 Å². The molecule has 0 fully saturated rings. The number of nitrogens with zero attached hydrogens (tertiary/aromatic N) is 2. The van der Waals surface area contributed by atoms with E-state index in [2.05, 4.69) is 43.2 Å². The molecule has 0 atom stereocenters. The third-order valence-electron chi connectivity index (χ3n) is 6.55. The Morgan fingerprint density at radius 1 is 0.927 bits per heavy atom. The summed E-state index contributed by atoms with van der Waals surface area (Å²) in [6.45, 7) is 14.2. The summed E-state index contributed by atoms with van der Waals surface area (Å²) in [5.41, 5.74) is 4.93. The smallest absolute Gasteiger partial charge is 0.355 e. The molecular formula is C33H39ClN4O3. The number of carbonyl (C=O) groups excluding carboxylic acids is 2. The number of anilines is 3. The van der Waals surface area contributed by atoms with Crippen LogP contribution in [-0.4, -0.2) is 36.3 Å². The lowest BCUT2D eigenvalue weighted by molar-refractivity contribution is 0.0517. The first-order valence-electron chi connectivity index (χ1n) is 14.1. The average molecular weight is 575 g/mol. The van der Waals surface area contributed by atoms with Gasteiger partial charge >= 0.3 is 12.0 Å². The molecule has 4 aromatic rings. The Hall–Kier alpha value is -3.97. The highest BCUT2D eigenvalue weighted by Crippen LogP contribution is 2.39. The minimum absolute atomic E-state index is 0.255. The summed E-state index contributed by atoms with van der Waals surface area (Å²) < 4.78 is 7.22. The van der Waals surface area contributed by atoms with Crippen LogP contribution in [-0.2, 0) is 4.74 Å². The Bertz CT molecular complexity index is 1520. The van der Waals surface area contributed by atoms with Crippen LogP contribution in [0.1, 0.15) is 50.7 Å². The van der Waals surface area contributed by atoms with E-state index in [0.717, 1.165) is 35.2 Å². The van der Waals surface area contributed by atoms with Gasteiger partial charge in [0.2, 0.25) is 0 Å². The molecule has 7 nitrogen and oxygen atoms in total. The Balaban J connectivity index is 1.87. The van der Waals surface area contributed by atoms with E-state index in [0.29, 0.717) is 39.6 Å². The Morgan fingerprint density at radius 2 is 1.59 bits per heavy atom. The number of benzene rings is 3. The van der Waals surface area contributed by atoms with Crippen molar-refractivity contribution in [2.24, 2.45) is 11.8 Å². The highest BCUT2D eigenvalue weighted by atomic mass is 35.5. The third kappa shape index (κ3) is 7.22.